The van der Waals surface area contributed by atoms with Gasteiger partial charge in [-0.25, -0.2) is 53.6 Å². The van der Waals surface area contributed by atoms with Gasteiger partial charge in [0, 0.05) is 117 Å². The molecule has 18 atom stereocenters. The van der Waals surface area contributed by atoms with Gasteiger partial charge in [0.1, 0.15) is 96.3 Å². The van der Waals surface area contributed by atoms with E-state index in [-0.39, 0.29) is 174 Å². The minimum Gasteiger partial charge on any atom is -0.540 e. The van der Waals surface area contributed by atoms with Crippen LogP contribution in [0, 0.1) is 63.6 Å². The Labute approximate surface area is 877 Å². The summed E-state index contributed by atoms with van der Waals surface area (Å²) in [5, 5.41) is 2.86. The van der Waals surface area contributed by atoms with Crippen LogP contribution in [0.2, 0.25) is 0 Å². The van der Waals surface area contributed by atoms with Crippen LogP contribution in [-0.4, -0.2) is 209 Å². The number of hydrogen-bond donors (Lipinski definition) is 1. The molecule has 37 heteroatoms. The maximum atomic E-state index is 14.1. The average molecular weight is 2080 g/mol. The molecule has 9 aliphatic rings. The minimum atomic E-state index is -0.915. The van der Waals surface area contributed by atoms with Gasteiger partial charge in [-0.3, -0.25) is 53.9 Å². The largest absolute Gasteiger partial charge is 0.540 e. The average Bonchev–Trinajstić information content (AvgIpc) is 1.64. The molecule has 0 spiro atoms. The van der Waals surface area contributed by atoms with Crippen molar-refractivity contribution in [2.75, 3.05) is 19.6 Å². The van der Waals surface area contributed by atoms with E-state index in [0.29, 0.717) is 99.6 Å². The molecule has 0 unspecified atom stereocenters. The molecule has 3 aliphatic carbocycles. The van der Waals surface area contributed by atoms with Gasteiger partial charge in [0.15, 0.2) is 0 Å². The Morgan fingerprint density at radius 3 is 1.17 bits per heavy atom. The van der Waals surface area contributed by atoms with Crippen LogP contribution in [0.15, 0.2) is 110 Å². The topological polar surface area (TPSA) is 413 Å². The predicted molar refractivity (Wildman–Crippen MR) is 518 cm³/mol. The Morgan fingerprint density at radius 2 is 0.792 bits per heavy atom. The van der Waals surface area contributed by atoms with Crippen molar-refractivity contribution in [2.24, 2.45) is 63.6 Å². The standard InChI is InChI=1S/C36H45N6O6.C36H44N5O6.C35H42N5O6.3V/c1-22-29(20-43)42-19-31(22)47-33-27(39-26-14-13-25(17-28(26)40-33)46-21-24-18-37-15-16-38-24)11-7-5-6-9-23-10-8-12-30(23)48-35(45)41-32(34(42)44)36(2,3)4;1-22-30(20-42)41-19-31(22)46-33-28(39-27-12-11-25(15-29(27)40-33)45-21-24-18-37-13-14-38-24)10-8-6-7-9-23-17-36(23,5)47-32(43)16-26(34(41)44)35(2,3)4;1-21-29(19-41)40-18-31(21)46-33-27(38-26-11-10-24(15-28(26)39-33)44-20-23-17-36-12-13-37-23)9-7-5-6-8-22-14-30(22)45-32(42)16-25(34(40)43)35(2,3)4;;;/h13-18,22-23,29-32H,5-12,19,21H2,1-4H3,(H,41,45);11-15,18,22-23,26,30-31H,6-10,16-17,19,21H2,1-5H3;10-13,15,17,21-22,25,29-31H,5-9,14,16,18,20H2,1-4H3;;;/q3*-1;;;/t22-,23+,29+,30+,31-,32+;22-,23+,26+,30+,31-,36+;21-,22+,25+,29+,30+,31-;;;/m000.../s1. The third-order valence-corrected chi connectivity index (χ3v) is 29.4. The molecule has 6 bridgehead atoms. The van der Waals surface area contributed by atoms with Gasteiger partial charge < -0.3 is 77.0 Å². The van der Waals surface area contributed by atoms with Crippen LogP contribution in [0.1, 0.15) is 246 Å². The predicted octanol–water partition coefficient (Wildman–Crippen LogP) is 15.1. The van der Waals surface area contributed by atoms with E-state index >= 15 is 0 Å². The number of benzene rings is 3. The van der Waals surface area contributed by atoms with E-state index in [4.69, 9.17) is 72.5 Å². The fourth-order valence-corrected chi connectivity index (χ4v) is 20.4. The second kappa shape index (κ2) is 48.6. The van der Waals surface area contributed by atoms with Crippen molar-refractivity contribution in [1.82, 2.24) is 79.8 Å². The summed E-state index contributed by atoms with van der Waals surface area (Å²) in [6, 6.07) is 13.3. The first-order valence-corrected chi connectivity index (χ1v) is 50.1. The third-order valence-electron chi connectivity index (χ3n) is 29.4. The fourth-order valence-electron chi connectivity index (χ4n) is 20.4. The molecule has 18 rings (SSSR count). The fraction of sp³-hybridized carbons (Fsp3) is 0.579. The number of carbonyl (C=O) groups is 6. The first kappa shape index (κ1) is 110. The number of aromatic nitrogens is 12. The van der Waals surface area contributed by atoms with E-state index in [9.17, 15) is 43.2 Å². The smallest absolute Gasteiger partial charge is 0.408 e. The van der Waals surface area contributed by atoms with Crippen molar-refractivity contribution in [1.29, 1.82) is 0 Å². The molecule has 6 aromatic heterocycles. The molecule has 3 saturated heterocycles. The number of amides is 4. The van der Waals surface area contributed by atoms with Gasteiger partial charge in [-0.05, 0) is 179 Å². The first-order chi connectivity index (χ1) is 67.6. The molecule has 6 fully saturated rings. The molecule has 3 saturated carbocycles. The molecule has 6 aliphatic heterocycles. The van der Waals surface area contributed by atoms with E-state index in [0.717, 1.165) is 143 Å². The Morgan fingerprint density at radius 1 is 0.410 bits per heavy atom. The number of alkyl carbamates (subject to hydrolysis) is 1. The quantitative estimate of drug-likeness (QED) is 0.0674. The van der Waals surface area contributed by atoms with Gasteiger partial charge >= 0.3 is 18.0 Å². The van der Waals surface area contributed by atoms with E-state index in [2.05, 4.69) is 54.1 Å². The second-order valence-corrected chi connectivity index (χ2v) is 42.9. The molecule has 9 aromatic rings. The number of nitrogens with one attached hydrogen (secondary N) is 1. The number of aryl methyl sites for hydroxylation is 3. The maximum Gasteiger partial charge on any atom is 0.408 e. The molecule has 3 aromatic carbocycles. The van der Waals surface area contributed by atoms with E-state index in [1.807, 2.05) is 145 Å². The van der Waals surface area contributed by atoms with Crippen molar-refractivity contribution in [3.63, 3.8) is 0 Å². The summed E-state index contributed by atoms with van der Waals surface area (Å²) in [7, 11) is 0. The zero-order valence-electron chi connectivity index (χ0n) is 84.4. The van der Waals surface area contributed by atoms with Crippen molar-refractivity contribution < 1.29 is 141 Å². The molecular weight excluding hydrogens is 1950 g/mol. The van der Waals surface area contributed by atoms with Gasteiger partial charge in [-0.15, -0.1) is 0 Å². The Bertz CT molecular complexity index is 5970. The first-order valence-electron chi connectivity index (χ1n) is 50.1. The van der Waals surface area contributed by atoms with Crippen molar-refractivity contribution in [2.45, 2.75) is 311 Å². The normalized spacial score (nSPS) is 27.2. The van der Waals surface area contributed by atoms with Crippen molar-refractivity contribution >= 4 is 87.7 Å². The van der Waals surface area contributed by atoms with Crippen LogP contribution in [-0.2, 0) is 147 Å². The molecule has 1 N–H and O–H groups in total. The Kier molecular flexibility index (Phi) is 37.2. The summed E-state index contributed by atoms with van der Waals surface area (Å²) < 4.78 is 55.3. The van der Waals surface area contributed by atoms with Gasteiger partial charge in [0.2, 0.25) is 35.4 Å². The van der Waals surface area contributed by atoms with Crippen LogP contribution in [0.25, 0.3) is 33.1 Å². The molecule has 4 amide bonds. The summed E-state index contributed by atoms with van der Waals surface area (Å²) in [5.74, 6) is -0.0827. The number of esters is 2. The Balaban J connectivity index is 0.000000179. The molecule has 12 heterocycles. The molecule has 765 valence electrons. The van der Waals surface area contributed by atoms with Gasteiger partial charge in [-0.2, -0.15) is 0 Å². The summed E-state index contributed by atoms with van der Waals surface area (Å²) in [4.78, 5) is 178. The van der Waals surface area contributed by atoms with Crippen molar-refractivity contribution in [3.05, 3.63) is 145 Å². The summed E-state index contributed by atoms with van der Waals surface area (Å²) in [6.07, 6.45) is 36.6. The zero-order chi connectivity index (χ0) is 99.6. The summed E-state index contributed by atoms with van der Waals surface area (Å²) in [6.45, 7) is 26.1. The molecule has 144 heavy (non-hydrogen) atoms. The van der Waals surface area contributed by atoms with Crippen LogP contribution in [0.5, 0.6) is 34.9 Å². The number of hydrogen-bond acceptors (Lipinski definition) is 30. The van der Waals surface area contributed by atoms with E-state index in [1.54, 1.807) is 55.8 Å². The number of carbonyl (C=O) groups excluding carboxylic acids is 9. The van der Waals surface area contributed by atoms with Gasteiger partial charge in [0.05, 0.1) is 113 Å². The third kappa shape index (κ3) is 27.3. The second-order valence-electron chi connectivity index (χ2n) is 42.9. The zero-order valence-corrected chi connectivity index (χ0v) is 88.6. The van der Waals surface area contributed by atoms with Crippen molar-refractivity contribution in [3.8, 4) is 34.9 Å². The number of nitrogens with zero attached hydrogens (tertiary/aromatic N) is 15. The monoisotopic (exact) mass is 2080 g/mol. The molecule has 3 radical (unpaired) electrons. The SMILES string of the molecule is C[C@@H]1[C@@H]2CN(C(=O)[C@H](C(C)(C)C)CC(=O)O[C@@H]3C[C@H]3CCCCCc3nc4ccc(OCc5cnccn5)cc4nc3O2)[C@@H]1[C-]=O.C[C@@H]1[C@@H]2CN(C(=O)[C@H](C(C)(C)C)CC(=O)O[C@]3(C)C[C@H]3CCCCCc3nc4ccc(OCc5cnccn5)cc4nc3O2)[C@@H]1[C-]=O.C[C@@H]1[C@@H]2CN(C(=O)[C@H](C(C)(C)C)NC(=O)O[C@@H]3CCC[C@H]3CCCCCc3nc4ccc(OCc5cnccn5)cc4nc3O2)[C@@H]1[C-]=O.[V].[V].[V]. The van der Waals surface area contributed by atoms with Crippen LogP contribution in [0.4, 0.5) is 4.79 Å². The van der Waals surface area contributed by atoms with Gasteiger partial charge in [-0.1, -0.05) is 140 Å². The summed E-state index contributed by atoms with van der Waals surface area (Å²) >= 11 is 0. The number of rotatable bonds is 12. The molecular formula is C107H131N16O18V3-3. The van der Waals surface area contributed by atoms with Crippen LogP contribution >= 0.6 is 0 Å². The van der Waals surface area contributed by atoms with E-state index < -0.39 is 82.3 Å². The van der Waals surface area contributed by atoms with Gasteiger partial charge in [0.25, 0.3) is 0 Å². The number of ether oxygens (including phenoxy) is 9. The number of fused-ring (bicyclic) bond motifs is 15. The summed E-state index contributed by atoms with van der Waals surface area (Å²) in [5.41, 5.74) is 6.13. The molecule has 34 nitrogen and oxygen atoms in total. The maximum absolute atomic E-state index is 14.1. The Hall–Kier alpha value is -10.9. The van der Waals surface area contributed by atoms with Crippen LogP contribution in [0.3, 0.4) is 0 Å². The minimum absolute atomic E-state index is 0. The van der Waals surface area contributed by atoms with Crippen LogP contribution < -0.4 is 33.7 Å². The van der Waals surface area contributed by atoms with E-state index in [1.165, 1.54) is 14.7 Å².